The number of rotatable bonds is 7. The summed E-state index contributed by atoms with van der Waals surface area (Å²) in [5, 5.41) is 20.0. The van der Waals surface area contributed by atoms with Crippen molar-refractivity contribution >= 4 is 11.6 Å². The monoisotopic (exact) mass is 409 g/mol. The molecule has 2 N–H and O–H groups in total. The third-order valence-corrected chi connectivity index (χ3v) is 5.59. The van der Waals surface area contributed by atoms with Crippen LogP contribution in [-0.2, 0) is 0 Å². The average molecular weight is 410 g/mol. The zero-order valence-electron chi connectivity index (χ0n) is 18.2. The predicted molar refractivity (Wildman–Crippen MR) is 117 cm³/mol. The van der Waals surface area contributed by atoms with E-state index in [1.807, 2.05) is 24.3 Å². The van der Waals surface area contributed by atoms with Gasteiger partial charge in [0.1, 0.15) is 11.2 Å². The minimum absolute atomic E-state index is 0.0186. The summed E-state index contributed by atoms with van der Waals surface area (Å²) in [6, 6.07) is 14.9. The van der Waals surface area contributed by atoms with Crippen LogP contribution in [0.1, 0.15) is 78.4 Å². The molecule has 0 spiro atoms. The number of carbonyl (C=O) groups is 2. The van der Waals surface area contributed by atoms with Gasteiger partial charge >= 0.3 is 0 Å². The molecule has 0 bridgehead atoms. The molecule has 1 aliphatic rings. The fraction of sp³-hybridized carbons (Fsp3) is 0.440. The molecule has 160 valence electrons. The zero-order chi connectivity index (χ0) is 22.1. The number of benzene rings is 2. The van der Waals surface area contributed by atoms with Gasteiger partial charge in [0.2, 0.25) is 0 Å². The van der Waals surface area contributed by atoms with Gasteiger partial charge in [-0.2, -0.15) is 0 Å². The molecule has 0 atom stereocenters. The molecule has 0 saturated carbocycles. The molecular weight excluding hydrogens is 378 g/mol. The van der Waals surface area contributed by atoms with E-state index in [-0.39, 0.29) is 17.6 Å². The minimum atomic E-state index is -1.40. The Bertz CT molecular complexity index is 827. The second kappa shape index (κ2) is 8.42. The van der Waals surface area contributed by atoms with Gasteiger partial charge in [-0.15, -0.1) is 0 Å². The van der Waals surface area contributed by atoms with E-state index in [1.54, 1.807) is 24.3 Å². The second-order valence-electron chi connectivity index (χ2n) is 9.17. The molecule has 0 amide bonds. The lowest BCUT2D eigenvalue weighted by Gasteiger charge is -2.29. The number of Topliss-reactive ketones (excluding diaryl/α,β-unsaturated/α-hetero) is 2. The quantitative estimate of drug-likeness (QED) is 0.681. The molecule has 1 heterocycles. The Morgan fingerprint density at radius 2 is 1.07 bits per heavy atom. The molecule has 30 heavy (non-hydrogen) atoms. The van der Waals surface area contributed by atoms with Crippen LogP contribution < -0.4 is 0 Å². The minimum Gasteiger partial charge on any atom is -0.382 e. The molecule has 0 unspecified atom stereocenters. The van der Waals surface area contributed by atoms with Crippen molar-refractivity contribution in [2.75, 3.05) is 13.1 Å². The number of likely N-dealkylation sites (tertiary alicyclic amines) is 1. The zero-order valence-corrected chi connectivity index (χ0v) is 18.2. The lowest BCUT2D eigenvalue weighted by atomic mass is 9.91. The first-order valence-corrected chi connectivity index (χ1v) is 10.5. The second-order valence-corrected chi connectivity index (χ2v) is 9.17. The molecule has 1 saturated heterocycles. The van der Waals surface area contributed by atoms with E-state index in [4.69, 9.17) is 0 Å². The van der Waals surface area contributed by atoms with Crippen molar-refractivity contribution in [1.29, 1.82) is 0 Å². The van der Waals surface area contributed by atoms with Crippen molar-refractivity contribution in [2.24, 2.45) is 0 Å². The molecule has 2 aromatic rings. The van der Waals surface area contributed by atoms with Crippen LogP contribution in [0.2, 0.25) is 0 Å². The third-order valence-electron chi connectivity index (χ3n) is 5.59. The number of hydrogen-bond donors (Lipinski definition) is 2. The van der Waals surface area contributed by atoms with Gasteiger partial charge in [-0.25, -0.2) is 0 Å². The average Bonchev–Trinajstić information content (AvgIpc) is 3.21. The van der Waals surface area contributed by atoms with Crippen LogP contribution in [0.3, 0.4) is 0 Å². The standard InChI is InChI=1S/C25H31NO4/c1-24(2,29)22(27)19-11-7-17(8-12-19)21(26-15-5-6-16-26)18-9-13-20(14-10-18)23(28)25(3,4)30/h7-14,21,29-30H,5-6,15-16H2,1-4H3. The van der Waals surface area contributed by atoms with Crippen molar-refractivity contribution in [2.45, 2.75) is 57.8 Å². The highest BCUT2D eigenvalue weighted by molar-refractivity contribution is 6.02. The van der Waals surface area contributed by atoms with Gasteiger partial charge in [-0.3, -0.25) is 14.5 Å². The molecular formula is C25H31NO4. The third kappa shape index (κ3) is 4.86. The molecule has 3 rings (SSSR count). The first-order chi connectivity index (χ1) is 14.0. The summed E-state index contributed by atoms with van der Waals surface area (Å²) in [6.07, 6.45) is 2.28. The molecule has 5 heteroatoms. The van der Waals surface area contributed by atoms with Crippen LogP contribution >= 0.6 is 0 Å². The van der Waals surface area contributed by atoms with Crippen molar-refractivity contribution in [3.63, 3.8) is 0 Å². The molecule has 1 aliphatic heterocycles. The molecule has 0 aliphatic carbocycles. The largest absolute Gasteiger partial charge is 0.382 e. The van der Waals surface area contributed by atoms with Gasteiger partial charge < -0.3 is 10.2 Å². The number of nitrogens with zero attached hydrogens (tertiary/aromatic N) is 1. The SMILES string of the molecule is CC(C)(O)C(=O)c1ccc(C(c2ccc(C(=O)C(C)(C)O)cc2)N2CCCC2)cc1. The number of carbonyl (C=O) groups excluding carboxylic acids is 2. The highest BCUT2D eigenvalue weighted by Crippen LogP contribution is 2.32. The van der Waals surface area contributed by atoms with E-state index in [9.17, 15) is 19.8 Å². The summed E-state index contributed by atoms with van der Waals surface area (Å²) >= 11 is 0. The van der Waals surface area contributed by atoms with E-state index in [0.29, 0.717) is 11.1 Å². The highest BCUT2D eigenvalue weighted by atomic mass is 16.3. The Morgan fingerprint density at radius 3 is 1.37 bits per heavy atom. The van der Waals surface area contributed by atoms with Crippen LogP contribution in [0.4, 0.5) is 0 Å². The Hall–Kier alpha value is -2.34. The Balaban J connectivity index is 1.93. The van der Waals surface area contributed by atoms with Crippen LogP contribution in [-0.4, -0.2) is 51.0 Å². The normalized spacial score (nSPS) is 15.6. The molecule has 0 aromatic heterocycles. The molecule has 1 fully saturated rings. The van der Waals surface area contributed by atoms with Gasteiger partial charge in [0.15, 0.2) is 11.6 Å². The van der Waals surface area contributed by atoms with Crippen molar-refractivity contribution < 1.29 is 19.8 Å². The first-order valence-electron chi connectivity index (χ1n) is 10.5. The Morgan fingerprint density at radius 1 is 0.733 bits per heavy atom. The van der Waals surface area contributed by atoms with Gasteiger partial charge in [-0.1, -0.05) is 48.5 Å². The van der Waals surface area contributed by atoms with E-state index < -0.39 is 11.2 Å². The van der Waals surface area contributed by atoms with Crippen LogP contribution in [0, 0.1) is 0 Å². The Kier molecular flexibility index (Phi) is 6.27. The summed E-state index contributed by atoms with van der Waals surface area (Å²) in [7, 11) is 0. The first kappa shape index (κ1) is 22.3. The smallest absolute Gasteiger partial charge is 0.193 e. The van der Waals surface area contributed by atoms with E-state index in [2.05, 4.69) is 4.90 Å². The summed E-state index contributed by atoms with van der Waals surface area (Å²) < 4.78 is 0. The van der Waals surface area contributed by atoms with E-state index >= 15 is 0 Å². The predicted octanol–water partition coefficient (Wildman–Crippen LogP) is 3.78. The number of ketones is 2. The van der Waals surface area contributed by atoms with Crippen molar-refractivity contribution in [3.05, 3.63) is 70.8 Å². The summed E-state index contributed by atoms with van der Waals surface area (Å²) in [4.78, 5) is 27.1. The van der Waals surface area contributed by atoms with Crippen molar-refractivity contribution in [1.82, 2.24) is 4.90 Å². The van der Waals surface area contributed by atoms with Gasteiger partial charge in [0.25, 0.3) is 0 Å². The fourth-order valence-corrected chi connectivity index (χ4v) is 3.95. The van der Waals surface area contributed by atoms with Crippen LogP contribution in [0.25, 0.3) is 0 Å². The summed E-state index contributed by atoms with van der Waals surface area (Å²) in [6.45, 7) is 7.94. The van der Waals surface area contributed by atoms with Crippen LogP contribution in [0.5, 0.6) is 0 Å². The maximum atomic E-state index is 12.3. The summed E-state index contributed by atoms with van der Waals surface area (Å²) in [5.41, 5.74) is 0.281. The number of hydrogen-bond acceptors (Lipinski definition) is 5. The van der Waals surface area contributed by atoms with E-state index in [0.717, 1.165) is 37.1 Å². The Labute approximate surface area is 178 Å². The maximum absolute atomic E-state index is 12.3. The maximum Gasteiger partial charge on any atom is 0.193 e. The van der Waals surface area contributed by atoms with Gasteiger partial charge in [0.05, 0.1) is 6.04 Å². The molecule has 0 radical (unpaired) electrons. The lowest BCUT2D eigenvalue weighted by molar-refractivity contribution is 0.0487. The summed E-state index contributed by atoms with van der Waals surface area (Å²) in [5.74, 6) is -0.609. The van der Waals surface area contributed by atoms with Crippen LogP contribution in [0.15, 0.2) is 48.5 Å². The molecule has 2 aromatic carbocycles. The topological polar surface area (TPSA) is 77.8 Å². The van der Waals surface area contributed by atoms with E-state index in [1.165, 1.54) is 27.7 Å². The number of aliphatic hydroxyl groups is 2. The fourth-order valence-electron chi connectivity index (χ4n) is 3.95. The molecule has 5 nitrogen and oxygen atoms in total. The van der Waals surface area contributed by atoms with Gasteiger partial charge in [-0.05, 0) is 64.8 Å². The van der Waals surface area contributed by atoms with Crippen molar-refractivity contribution in [3.8, 4) is 0 Å². The van der Waals surface area contributed by atoms with Gasteiger partial charge in [0, 0.05) is 11.1 Å². The highest BCUT2D eigenvalue weighted by Gasteiger charge is 2.29. The lowest BCUT2D eigenvalue weighted by Crippen LogP contribution is -2.31.